The van der Waals surface area contributed by atoms with Gasteiger partial charge in [-0.1, -0.05) is 271 Å². The van der Waals surface area contributed by atoms with E-state index in [1.54, 1.807) is 0 Å². The quantitative estimate of drug-likeness (QED) is 0.0358. The fourth-order valence-corrected chi connectivity index (χ4v) is 8.59. The van der Waals surface area contributed by atoms with Crippen molar-refractivity contribution in [2.24, 2.45) is 0 Å². The Hall–Kier alpha value is -0.460. The number of hydrogen-bond donors (Lipinski definition) is 4. The first-order valence-corrected chi connectivity index (χ1v) is 27.0. The summed E-state index contributed by atoms with van der Waals surface area (Å²) in [6.07, 6.45) is 54.1. The van der Waals surface area contributed by atoms with E-state index in [-0.39, 0.29) is 5.91 Å². The Morgan fingerprint density at radius 1 is 0.439 bits per heavy atom. The Labute approximate surface area is 355 Å². The lowest BCUT2D eigenvalue weighted by Gasteiger charge is -2.24. The lowest BCUT2D eigenvalue weighted by Crippen LogP contribution is -2.46. The number of phosphoric ester groups is 1. The van der Waals surface area contributed by atoms with Crippen molar-refractivity contribution in [3.05, 3.63) is 0 Å². The summed E-state index contributed by atoms with van der Waals surface area (Å²) in [4.78, 5) is 31.0. The topological polar surface area (TPSA) is 116 Å². The molecule has 0 radical (unpaired) electrons. The molecule has 2 atom stereocenters. The number of hydrogen-bond acceptors (Lipinski definition) is 4. The fourth-order valence-electron chi connectivity index (χ4n) is 8.23. The molecule has 0 aromatic heterocycles. The van der Waals surface area contributed by atoms with E-state index in [1.165, 1.54) is 225 Å². The van der Waals surface area contributed by atoms with Crippen molar-refractivity contribution in [1.29, 1.82) is 0 Å². The Morgan fingerprint density at radius 3 is 0.947 bits per heavy atom. The number of unbranched alkanes of at least 4 members (excludes halogenated alkanes) is 39. The van der Waals surface area contributed by atoms with Crippen molar-refractivity contribution >= 4 is 13.7 Å². The van der Waals surface area contributed by atoms with E-state index in [4.69, 9.17) is 0 Å². The minimum Gasteiger partial charge on any atom is -0.391 e. The van der Waals surface area contributed by atoms with Crippen LogP contribution in [-0.2, 0) is 13.9 Å². The summed E-state index contributed by atoms with van der Waals surface area (Å²) in [6, 6.07) is -0.818. The van der Waals surface area contributed by atoms with Gasteiger partial charge in [-0.3, -0.25) is 9.32 Å². The molecular weight excluding hydrogens is 730 g/mol. The van der Waals surface area contributed by atoms with Gasteiger partial charge in [0.25, 0.3) is 0 Å². The van der Waals surface area contributed by atoms with Crippen molar-refractivity contribution < 1.29 is 28.8 Å². The van der Waals surface area contributed by atoms with Gasteiger partial charge in [-0.05, 0) is 12.8 Å². The molecule has 0 bridgehead atoms. The van der Waals surface area contributed by atoms with Crippen LogP contribution in [0.15, 0.2) is 0 Å². The van der Waals surface area contributed by atoms with E-state index in [0.717, 1.165) is 38.5 Å². The van der Waals surface area contributed by atoms with Gasteiger partial charge in [0.1, 0.15) is 0 Å². The average molecular weight is 830 g/mol. The molecule has 0 spiro atoms. The first-order chi connectivity index (χ1) is 27.8. The van der Waals surface area contributed by atoms with Gasteiger partial charge < -0.3 is 20.2 Å². The minimum absolute atomic E-state index is 0.187. The van der Waals surface area contributed by atoms with E-state index in [1.807, 2.05) is 0 Å². The lowest BCUT2D eigenvalue weighted by molar-refractivity contribution is -0.123. The van der Waals surface area contributed by atoms with Crippen molar-refractivity contribution in [3.8, 4) is 0 Å². The zero-order chi connectivity index (χ0) is 41.8. The molecule has 0 aliphatic heterocycles. The van der Waals surface area contributed by atoms with Crippen LogP contribution in [0.3, 0.4) is 0 Å². The summed E-state index contributed by atoms with van der Waals surface area (Å²) in [5.74, 6) is -0.187. The van der Waals surface area contributed by atoms with E-state index in [9.17, 15) is 24.3 Å². The Bertz CT molecular complexity index is 854. The van der Waals surface area contributed by atoms with Crippen LogP contribution < -0.4 is 5.32 Å². The predicted molar refractivity (Wildman–Crippen MR) is 246 cm³/mol. The van der Waals surface area contributed by atoms with E-state index in [2.05, 4.69) is 23.7 Å². The molecule has 57 heavy (non-hydrogen) atoms. The highest BCUT2D eigenvalue weighted by Crippen LogP contribution is 2.36. The summed E-state index contributed by atoms with van der Waals surface area (Å²) in [5, 5.41) is 13.5. The molecule has 0 aromatic carbocycles. The van der Waals surface area contributed by atoms with Crippen LogP contribution in [-0.4, -0.2) is 39.6 Å². The molecule has 1 amide bonds. The van der Waals surface area contributed by atoms with Crippen molar-refractivity contribution in [2.75, 3.05) is 6.61 Å². The average Bonchev–Trinajstić information content (AvgIpc) is 3.18. The molecule has 0 aliphatic carbocycles. The molecule has 0 heterocycles. The third kappa shape index (κ3) is 46.5. The molecule has 8 heteroatoms. The number of carbonyl (C=O) groups is 1. The normalized spacial score (nSPS) is 13.0. The molecule has 342 valence electrons. The van der Waals surface area contributed by atoms with E-state index >= 15 is 0 Å². The van der Waals surface area contributed by atoms with Gasteiger partial charge in [-0.25, -0.2) is 4.57 Å². The number of phosphoric acid groups is 1. The first-order valence-electron chi connectivity index (χ1n) is 25.5. The van der Waals surface area contributed by atoms with Crippen LogP contribution in [0.1, 0.15) is 290 Å². The SMILES string of the molecule is CCCCCCCCCCCCCCCCCCCCCCCCCCCCCCCC(=O)N[C@@H](COP(=O)(O)O)[C@H](O)CCCCCCCCCCCCCC. The smallest absolute Gasteiger partial charge is 0.391 e. The predicted octanol–water partition coefficient (Wildman–Crippen LogP) is 15.8. The lowest BCUT2D eigenvalue weighted by atomic mass is 10.0. The van der Waals surface area contributed by atoms with Crippen molar-refractivity contribution in [2.45, 2.75) is 302 Å². The fraction of sp³-hybridized carbons (Fsp3) is 0.980. The van der Waals surface area contributed by atoms with Crippen LogP contribution in [0, 0.1) is 0 Å². The van der Waals surface area contributed by atoms with Crippen LogP contribution >= 0.6 is 7.82 Å². The highest BCUT2D eigenvalue weighted by molar-refractivity contribution is 7.46. The molecule has 4 N–H and O–H groups in total. The molecule has 0 aromatic rings. The molecule has 0 saturated carbocycles. The van der Waals surface area contributed by atoms with E-state index in [0.29, 0.717) is 12.8 Å². The second-order valence-electron chi connectivity index (χ2n) is 17.9. The summed E-state index contributed by atoms with van der Waals surface area (Å²) < 4.78 is 16.0. The maximum atomic E-state index is 12.6. The highest BCUT2D eigenvalue weighted by Gasteiger charge is 2.25. The van der Waals surface area contributed by atoms with Gasteiger partial charge in [-0.15, -0.1) is 0 Å². The van der Waals surface area contributed by atoms with Crippen molar-refractivity contribution in [1.82, 2.24) is 5.32 Å². The maximum absolute atomic E-state index is 12.6. The Balaban J connectivity index is 3.65. The third-order valence-electron chi connectivity index (χ3n) is 12.1. The molecule has 0 fully saturated rings. The van der Waals surface area contributed by atoms with Gasteiger partial charge in [0.15, 0.2) is 0 Å². The maximum Gasteiger partial charge on any atom is 0.469 e. The number of amides is 1. The van der Waals surface area contributed by atoms with Gasteiger partial charge in [0.2, 0.25) is 5.91 Å². The van der Waals surface area contributed by atoms with Gasteiger partial charge in [0, 0.05) is 6.42 Å². The van der Waals surface area contributed by atoms with Crippen LogP contribution in [0.2, 0.25) is 0 Å². The molecule has 0 rings (SSSR count). The number of rotatable bonds is 48. The third-order valence-corrected chi connectivity index (χ3v) is 12.6. The summed E-state index contributed by atoms with van der Waals surface area (Å²) in [7, 11) is -4.69. The Morgan fingerprint density at radius 2 is 0.684 bits per heavy atom. The molecular formula is C49H100NO6P. The monoisotopic (exact) mass is 830 g/mol. The number of aliphatic hydroxyl groups excluding tert-OH is 1. The summed E-state index contributed by atoms with van der Waals surface area (Å²) >= 11 is 0. The van der Waals surface area contributed by atoms with Crippen LogP contribution in [0.4, 0.5) is 0 Å². The number of nitrogens with one attached hydrogen (secondary N) is 1. The summed E-state index contributed by atoms with van der Waals surface area (Å²) in [6.45, 7) is 4.15. The van der Waals surface area contributed by atoms with Gasteiger partial charge in [0.05, 0.1) is 18.8 Å². The molecule has 0 saturated heterocycles. The zero-order valence-electron chi connectivity index (χ0n) is 38.3. The number of aliphatic hydroxyl groups is 1. The van der Waals surface area contributed by atoms with Gasteiger partial charge in [-0.2, -0.15) is 0 Å². The standard InChI is InChI=1S/C49H100NO6P/c1-3-5-7-9-11-13-15-17-18-19-20-21-22-23-24-25-26-27-28-29-30-31-32-33-35-37-39-41-43-45-49(52)50-47(46-56-57(53,54)55)48(51)44-42-40-38-36-34-16-14-12-10-8-6-4-2/h47-48,51H,3-46H2,1-2H3,(H,50,52)(H2,53,54,55)/t47-,48+/m0/s1. The minimum atomic E-state index is -4.69. The largest absolute Gasteiger partial charge is 0.469 e. The summed E-state index contributed by atoms with van der Waals surface area (Å²) in [5.41, 5.74) is 0. The highest BCUT2D eigenvalue weighted by atomic mass is 31.2. The van der Waals surface area contributed by atoms with Crippen LogP contribution in [0.5, 0.6) is 0 Å². The van der Waals surface area contributed by atoms with Crippen molar-refractivity contribution in [3.63, 3.8) is 0 Å². The molecule has 0 unspecified atom stereocenters. The number of carbonyl (C=O) groups excluding carboxylic acids is 1. The van der Waals surface area contributed by atoms with Gasteiger partial charge >= 0.3 is 7.82 Å². The molecule has 0 aliphatic rings. The second-order valence-corrected chi connectivity index (χ2v) is 19.1. The van der Waals surface area contributed by atoms with E-state index < -0.39 is 26.6 Å². The Kier molecular flexibility index (Phi) is 44.7. The molecule has 7 nitrogen and oxygen atoms in total. The van der Waals surface area contributed by atoms with Crippen LogP contribution in [0.25, 0.3) is 0 Å². The first kappa shape index (κ1) is 56.5. The second kappa shape index (κ2) is 45.1. The zero-order valence-corrected chi connectivity index (χ0v) is 39.2.